The van der Waals surface area contributed by atoms with Gasteiger partial charge in [0.05, 0.1) is 6.10 Å². The average Bonchev–Trinajstić information content (AvgIpc) is 2.73. The molecule has 0 aromatic carbocycles. The molecular formula is C27H44O. The molecule has 0 amide bonds. The lowest BCUT2D eigenvalue weighted by molar-refractivity contribution is 0.0209. The topological polar surface area (TPSA) is 9.23 Å². The van der Waals surface area contributed by atoms with E-state index in [4.69, 9.17) is 4.74 Å². The first-order valence-corrected chi connectivity index (χ1v) is 12.3. The van der Waals surface area contributed by atoms with Crippen molar-refractivity contribution >= 4 is 0 Å². The Hall–Kier alpha value is -1.00. The predicted molar refractivity (Wildman–Crippen MR) is 122 cm³/mol. The molecule has 2 rings (SSSR count). The van der Waals surface area contributed by atoms with Crippen LogP contribution in [0.25, 0.3) is 0 Å². The van der Waals surface area contributed by atoms with E-state index in [1.165, 1.54) is 89.9 Å². The summed E-state index contributed by atoms with van der Waals surface area (Å²) in [6.07, 6.45) is 28.0. The first-order chi connectivity index (χ1) is 13.8. The lowest BCUT2D eigenvalue weighted by Gasteiger charge is -2.26. The summed E-state index contributed by atoms with van der Waals surface area (Å²) in [6, 6.07) is 0. The van der Waals surface area contributed by atoms with Crippen LogP contribution < -0.4 is 0 Å². The molecule has 2 aliphatic carbocycles. The molecule has 0 spiro atoms. The van der Waals surface area contributed by atoms with Crippen molar-refractivity contribution in [2.24, 2.45) is 17.8 Å². The van der Waals surface area contributed by atoms with Crippen LogP contribution in [-0.2, 0) is 4.74 Å². The fourth-order valence-corrected chi connectivity index (χ4v) is 4.66. The Kier molecular flexibility index (Phi) is 12.4. The molecule has 0 bridgehead atoms. The summed E-state index contributed by atoms with van der Waals surface area (Å²) in [5.74, 6) is 8.91. The predicted octanol–water partition coefficient (Wildman–Crippen LogP) is 7.86. The Labute approximate surface area is 175 Å². The zero-order chi connectivity index (χ0) is 19.9. The Bertz CT molecular complexity index is 446. The molecule has 0 aliphatic heterocycles. The number of unbranched alkanes of at least 4 members (excludes halogenated alkanes) is 3. The Morgan fingerprint density at radius 1 is 0.714 bits per heavy atom. The molecule has 1 heteroatoms. The molecule has 2 aliphatic rings. The lowest BCUT2D eigenvalue weighted by atomic mass is 9.79. The summed E-state index contributed by atoms with van der Waals surface area (Å²) < 4.78 is 5.96. The van der Waals surface area contributed by atoms with E-state index < -0.39 is 0 Å². The number of ether oxygens (including phenoxy) is 1. The summed E-state index contributed by atoms with van der Waals surface area (Å²) in [5.41, 5.74) is 0. The van der Waals surface area contributed by atoms with Gasteiger partial charge in [0.1, 0.15) is 0 Å². The second kappa shape index (κ2) is 14.9. The van der Waals surface area contributed by atoms with Gasteiger partial charge in [-0.05, 0) is 87.7 Å². The second-order valence-corrected chi connectivity index (χ2v) is 9.04. The van der Waals surface area contributed by atoms with Crippen LogP contribution in [0.3, 0.4) is 0 Å². The van der Waals surface area contributed by atoms with Crippen molar-refractivity contribution < 1.29 is 4.74 Å². The van der Waals surface area contributed by atoms with E-state index in [1.54, 1.807) is 0 Å². The van der Waals surface area contributed by atoms with Crippen molar-refractivity contribution in [1.82, 2.24) is 0 Å². The maximum Gasteiger partial charge on any atom is 0.0575 e. The van der Waals surface area contributed by atoms with E-state index in [0.29, 0.717) is 12.0 Å². The third-order valence-corrected chi connectivity index (χ3v) is 6.66. The van der Waals surface area contributed by atoms with Crippen LogP contribution in [0.1, 0.15) is 104 Å². The molecule has 0 unspecified atom stereocenters. The Morgan fingerprint density at radius 2 is 1.29 bits per heavy atom. The van der Waals surface area contributed by atoms with Gasteiger partial charge < -0.3 is 4.74 Å². The van der Waals surface area contributed by atoms with Gasteiger partial charge >= 0.3 is 0 Å². The van der Waals surface area contributed by atoms with Gasteiger partial charge in [-0.2, -0.15) is 0 Å². The van der Waals surface area contributed by atoms with E-state index in [-0.39, 0.29) is 0 Å². The van der Waals surface area contributed by atoms with E-state index in [0.717, 1.165) is 18.4 Å². The summed E-state index contributed by atoms with van der Waals surface area (Å²) in [7, 11) is 0. The van der Waals surface area contributed by atoms with Crippen molar-refractivity contribution in [1.29, 1.82) is 0 Å². The Balaban J connectivity index is 1.56. The SMILES string of the molecule is CCCCCC1CCC(C=CC#CC=CC2CCC(OCCCC)CC2)CC1. The fraction of sp³-hybridized carbons (Fsp3) is 0.778. The molecule has 2 saturated carbocycles. The minimum Gasteiger partial charge on any atom is -0.378 e. The summed E-state index contributed by atoms with van der Waals surface area (Å²) in [4.78, 5) is 0. The molecule has 0 atom stereocenters. The molecular weight excluding hydrogens is 340 g/mol. The first-order valence-electron chi connectivity index (χ1n) is 12.3. The smallest absolute Gasteiger partial charge is 0.0575 e. The molecule has 0 N–H and O–H groups in total. The maximum atomic E-state index is 5.96. The maximum absolute atomic E-state index is 5.96. The van der Waals surface area contributed by atoms with E-state index in [9.17, 15) is 0 Å². The molecule has 158 valence electrons. The normalized spacial score (nSPS) is 28.5. The average molecular weight is 385 g/mol. The van der Waals surface area contributed by atoms with Crippen LogP contribution in [0.2, 0.25) is 0 Å². The van der Waals surface area contributed by atoms with Gasteiger partial charge in [-0.3, -0.25) is 0 Å². The van der Waals surface area contributed by atoms with Crippen molar-refractivity contribution in [3.63, 3.8) is 0 Å². The van der Waals surface area contributed by atoms with E-state index in [1.807, 2.05) is 0 Å². The third-order valence-electron chi connectivity index (χ3n) is 6.66. The zero-order valence-corrected chi connectivity index (χ0v) is 18.6. The summed E-state index contributed by atoms with van der Waals surface area (Å²) in [6.45, 7) is 5.47. The fourth-order valence-electron chi connectivity index (χ4n) is 4.66. The van der Waals surface area contributed by atoms with Gasteiger partial charge in [-0.15, -0.1) is 0 Å². The van der Waals surface area contributed by atoms with E-state index >= 15 is 0 Å². The third kappa shape index (κ3) is 9.97. The molecule has 0 saturated heterocycles. The summed E-state index contributed by atoms with van der Waals surface area (Å²) in [5, 5.41) is 0. The van der Waals surface area contributed by atoms with Gasteiger partial charge in [-0.1, -0.05) is 69.9 Å². The lowest BCUT2D eigenvalue weighted by Crippen LogP contribution is -2.21. The highest BCUT2D eigenvalue weighted by Gasteiger charge is 2.20. The van der Waals surface area contributed by atoms with Crippen molar-refractivity contribution in [2.75, 3.05) is 6.61 Å². The van der Waals surface area contributed by atoms with Gasteiger partial charge in [0.25, 0.3) is 0 Å². The first kappa shape index (κ1) is 23.3. The zero-order valence-electron chi connectivity index (χ0n) is 18.6. The van der Waals surface area contributed by atoms with E-state index in [2.05, 4.69) is 50.0 Å². The van der Waals surface area contributed by atoms with Crippen LogP contribution in [0.4, 0.5) is 0 Å². The molecule has 2 fully saturated rings. The summed E-state index contributed by atoms with van der Waals surface area (Å²) >= 11 is 0. The minimum absolute atomic E-state index is 0.506. The Morgan fingerprint density at radius 3 is 1.86 bits per heavy atom. The van der Waals surface area contributed by atoms with Gasteiger partial charge in [0, 0.05) is 6.61 Å². The van der Waals surface area contributed by atoms with Crippen LogP contribution in [-0.4, -0.2) is 12.7 Å². The number of allylic oxidation sites excluding steroid dienone is 4. The highest BCUT2D eigenvalue weighted by Crippen LogP contribution is 2.32. The molecule has 1 nitrogen and oxygen atoms in total. The highest BCUT2D eigenvalue weighted by molar-refractivity contribution is 5.24. The number of hydrogen-bond donors (Lipinski definition) is 0. The van der Waals surface area contributed by atoms with Crippen molar-refractivity contribution in [3.05, 3.63) is 24.3 Å². The van der Waals surface area contributed by atoms with Crippen molar-refractivity contribution in [2.45, 2.75) is 110 Å². The minimum atomic E-state index is 0.506. The number of rotatable bonds is 10. The number of hydrogen-bond acceptors (Lipinski definition) is 1. The monoisotopic (exact) mass is 384 g/mol. The molecule has 0 radical (unpaired) electrons. The highest BCUT2D eigenvalue weighted by atomic mass is 16.5. The molecule has 28 heavy (non-hydrogen) atoms. The quantitative estimate of drug-likeness (QED) is 0.275. The van der Waals surface area contributed by atoms with Gasteiger partial charge in [0.2, 0.25) is 0 Å². The largest absolute Gasteiger partial charge is 0.378 e. The van der Waals surface area contributed by atoms with Crippen LogP contribution in [0, 0.1) is 29.6 Å². The molecule has 0 aromatic heterocycles. The van der Waals surface area contributed by atoms with Crippen molar-refractivity contribution in [3.8, 4) is 11.8 Å². The van der Waals surface area contributed by atoms with Crippen LogP contribution in [0.5, 0.6) is 0 Å². The standard InChI is InChI=1S/C27H44O/c1-3-5-9-12-24-15-17-25(18-16-24)13-10-7-8-11-14-26-19-21-27(22-20-26)28-23-6-4-2/h10-11,13-14,24-27H,3-6,9,12,15-23H2,1-2H3. The molecule has 0 heterocycles. The van der Waals surface area contributed by atoms with Crippen LogP contribution >= 0.6 is 0 Å². The second-order valence-electron chi connectivity index (χ2n) is 9.04. The van der Waals surface area contributed by atoms with Gasteiger partial charge in [-0.25, -0.2) is 0 Å². The van der Waals surface area contributed by atoms with Crippen LogP contribution in [0.15, 0.2) is 24.3 Å². The van der Waals surface area contributed by atoms with Gasteiger partial charge in [0.15, 0.2) is 0 Å². The molecule has 0 aromatic rings.